The second-order valence-electron chi connectivity index (χ2n) is 6.59. The van der Waals surface area contributed by atoms with Gasteiger partial charge in [-0.2, -0.15) is 0 Å². The number of likely N-dealkylation sites (tertiary alicyclic amines) is 1. The number of carbonyl (C=O) groups excluding carboxylic acids is 1. The molecule has 1 rings (SSSR count). The lowest BCUT2D eigenvalue weighted by Crippen LogP contribution is -2.49. The van der Waals surface area contributed by atoms with Gasteiger partial charge in [0.2, 0.25) is 5.91 Å². The highest BCUT2D eigenvalue weighted by Crippen LogP contribution is 2.20. The van der Waals surface area contributed by atoms with Crippen molar-refractivity contribution in [1.82, 2.24) is 15.1 Å². The molecule has 0 aromatic rings. The Hall–Kier alpha value is -0.790. The van der Waals surface area contributed by atoms with E-state index >= 15 is 0 Å². The molecule has 1 amide bonds. The molecule has 0 saturated carbocycles. The zero-order valence-corrected chi connectivity index (χ0v) is 16.9. The Bertz CT molecular complexity index is 399. The minimum atomic E-state index is 0. The van der Waals surface area contributed by atoms with Crippen LogP contribution in [0.5, 0.6) is 0 Å². The second-order valence-corrected chi connectivity index (χ2v) is 6.59. The van der Waals surface area contributed by atoms with Crippen molar-refractivity contribution in [2.75, 3.05) is 40.3 Å². The Morgan fingerprint density at radius 1 is 1.32 bits per heavy atom. The summed E-state index contributed by atoms with van der Waals surface area (Å²) in [5.41, 5.74) is 1.06. The van der Waals surface area contributed by atoms with Crippen LogP contribution in [0.15, 0.2) is 17.1 Å². The molecule has 128 valence electrons. The number of halogens is 1. The fourth-order valence-corrected chi connectivity index (χ4v) is 2.62. The molecule has 22 heavy (non-hydrogen) atoms. The van der Waals surface area contributed by atoms with Crippen molar-refractivity contribution in [2.24, 2.45) is 16.8 Å². The highest BCUT2D eigenvalue weighted by Gasteiger charge is 2.24. The minimum Gasteiger partial charge on any atom is -0.353 e. The van der Waals surface area contributed by atoms with E-state index in [-0.39, 0.29) is 36.4 Å². The van der Waals surface area contributed by atoms with Crippen molar-refractivity contribution >= 4 is 35.8 Å². The summed E-state index contributed by atoms with van der Waals surface area (Å²) in [6, 6.07) is 0. The lowest BCUT2D eigenvalue weighted by Gasteiger charge is -2.37. The fourth-order valence-electron chi connectivity index (χ4n) is 2.62. The van der Waals surface area contributed by atoms with Gasteiger partial charge in [0.05, 0.1) is 0 Å². The van der Waals surface area contributed by atoms with Crippen molar-refractivity contribution in [1.29, 1.82) is 0 Å². The summed E-state index contributed by atoms with van der Waals surface area (Å²) in [5.74, 6) is 2.14. The van der Waals surface area contributed by atoms with Gasteiger partial charge in [0.15, 0.2) is 5.96 Å². The molecule has 0 radical (unpaired) electrons. The first kappa shape index (κ1) is 21.2. The normalized spacial score (nSPS) is 21.9. The van der Waals surface area contributed by atoms with Crippen LogP contribution in [-0.2, 0) is 4.79 Å². The fraction of sp³-hybridized carbons (Fsp3) is 0.750. The number of guanidine groups is 1. The Morgan fingerprint density at radius 2 is 1.86 bits per heavy atom. The van der Waals surface area contributed by atoms with Crippen molar-refractivity contribution < 1.29 is 4.79 Å². The lowest BCUT2D eigenvalue weighted by molar-refractivity contribution is -0.127. The molecular weight excluding hydrogens is 391 g/mol. The zero-order valence-electron chi connectivity index (χ0n) is 14.6. The highest BCUT2D eigenvalue weighted by molar-refractivity contribution is 14.0. The van der Waals surface area contributed by atoms with Gasteiger partial charge < -0.3 is 15.1 Å². The summed E-state index contributed by atoms with van der Waals surface area (Å²) < 4.78 is 0. The smallest absolute Gasteiger partial charge is 0.243 e. The summed E-state index contributed by atoms with van der Waals surface area (Å²) in [7, 11) is 3.51. The summed E-state index contributed by atoms with van der Waals surface area (Å²) >= 11 is 0. The molecule has 1 fully saturated rings. The average molecular weight is 422 g/mol. The Kier molecular flexibility index (Phi) is 9.71. The van der Waals surface area contributed by atoms with E-state index in [0.29, 0.717) is 18.4 Å². The van der Waals surface area contributed by atoms with Crippen LogP contribution >= 0.6 is 24.0 Å². The quantitative estimate of drug-likeness (QED) is 0.327. The number of carbonyl (C=O) groups is 1. The maximum atomic E-state index is 11.8. The Labute approximate surface area is 152 Å². The van der Waals surface area contributed by atoms with Crippen LogP contribution in [-0.4, -0.2) is 61.9 Å². The first-order valence-electron chi connectivity index (χ1n) is 7.67. The third-order valence-electron chi connectivity index (χ3n) is 3.58. The highest BCUT2D eigenvalue weighted by atomic mass is 127. The first-order valence-corrected chi connectivity index (χ1v) is 7.67. The van der Waals surface area contributed by atoms with E-state index in [9.17, 15) is 4.79 Å². The molecule has 0 spiro atoms. The van der Waals surface area contributed by atoms with E-state index in [1.165, 1.54) is 6.42 Å². The number of likely N-dealkylation sites (N-methyl/N-ethyl adjacent to an activating group) is 1. The van der Waals surface area contributed by atoms with Gasteiger partial charge in [0.1, 0.15) is 6.54 Å². The predicted octanol–water partition coefficient (Wildman–Crippen LogP) is 2.19. The molecule has 0 aromatic heterocycles. The SMILES string of the molecule is C=C(C)CNC(=NCC(=O)N(C)C)N1CC(C)CC(C)C1.I. The molecule has 6 heteroatoms. The molecule has 1 N–H and O–H groups in total. The number of nitrogens with zero attached hydrogens (tertiary/aromatic N) is 3. The number of rotatable bonds is 4. The lowest BCUT2D eigenvalue weighted by atomic mass is 9.92. The molecule has 0 bridgehead atoms. The van der Waals surface area contributed by atoms with Crippen LogP contribution in [0.25, 0.3) is 0 Å². The third kappa shape index (κ3) is 7.47. The van der Waals surface area contributed by atoms with Crippen LogP contribution < -0.4 is 5.32 Å². The van der Waals surface area contributed by atoms with Gasteiger partial charge in [-0.1, -0.05) is 26.0 Å². The van der Waals surface area contributed by atoms with Crippen LogP contribution in [0.4, 0.5) is 0 Å². The zero-order chi connectivity index (χ0) is 16.0. The number of hydrogen-bond donors (Lipinski definition) is 1. The molecule has 5 nitrogen and oxygen atoms in total. The van der Waals surface area contributed by atoms with E-state index in [2.05, 4.69) is 35.6 Å². The van der Waals surface area contributed by atoms with Crippen molar-refractivity contribution in [2.45, 2.75) is 27.2 Å². The molecule has 1 heterocycles. The predicted molar refractivity (Wildman–Crippen MR) is 104 cm³/mol. The monoisotopic (exact) mass is 422 g/mol. The molecule has 2 atom stereocenters. The molecular formula is C16H31IN4O. The maximum Gasteiger partial charge on any atom is 0.243 e. The number of aliphatic imine (C=N–C) groups is 1. The van der Waals surface area contributed by atoms with E-state index < -0.39 is 0 Å². The van der Waals surface area contributed by atoms with Gasteiger partial charge in [0.25, 0.3) is 0 Å². The number of hydrogen-bond acceptors (Lipinski definition) is 2. The standard InChI is InChI=1S/C16H30N4O.HI/c1-12(2)8-17-16(18-9-15(21)19(5)6)20-10-13(3)7-14(4)11-20;/h13-14H,1,7-11H2,2-6H3,(H,17,18);1H. The molecule has 1 aliphatic heterocycles. The van der Waals surface area contributed by atoms with Gasteiger partial charge in [0, 0.05) is 33.7 Å². The minimum absolute atomic E-state index is 0. The second kappa shape index (κ2) is 10.1. The van der Waals surface area contributed by atoms with Gasteiger partial charge in [-0.3, -0.25) is 4.79 Å². The van der Waals surface area contributed by atoms with Crippen LogP contribution in [0, 0.1) is 11.8 Å². The molecule has 0 aromatic carbocycles. The van der Waals surface area contributed by atoms with Gasteiger partial charge in [-0.25, -0.2) is 4.99 Å². The summed E-state index contributed by atoms with van der Waals surface area (Å²) in [4.78, 5) is 20.1. The topological polar surface area (TPSA) is 47.9 Å². The van der Waals surface area contributed by atoms with Crippen LogP contribution in [0.3, 0.4) is 0 Å². The number of nitrogens with one attached hydrogen (secondary N) is 1. The Morgan fingerprint density at radius 3 is 2.32 bits per heavy atom. The van der Waals surface area contributed by atoms with Gasteiger partial charge in [-0.05, 0) is 25.2 Å². The number of piperidine rings is 1. The van der Waals surface area contributed by atoms with Crippen molar-refractivity contribution in [3.63, 3.8) is 0 Å². The summed E-state index contributed by atoms with van der Waals surface area (Å²) in [5, 5.41) is 3.33. The van der Waals surface area contributed by atoms with Gasteiger partial charge >= 0.3 is 0 Å². The van der Waals surface area contributed by atoms with Gasteiger partial charge in [-0.15, -0.1) is 24.0 Å². The Balaban J connectivity index is 0.00000441. The first-order chi connectivity index (χ1) is 9.79. The average Bonchev–Trinajstić information content (AvgIpc) is 2.36. The molecule has 2 unspecified atom stereocenters. The summed E-state index contributed by atoms with van der Waals surface area (Å²) in [6.45, 7) is 13.3. The largest absolute Gasteiger partial charge is 0.353 e. The van der Waals surface area contributed by atoms with Crippen molar-refractivity contribution in [3.05, 3.63) is 12.2 Å². The van der Waals surface area contributed by atoms with E-state index in [4.69, 9.17) is 0 Å². The summed E-state index contributed by atoms with van der Waals surface area (Å²) in [6.07, 6.45) is 1.25. The molecule has 1 saturated heterocycles. The maximum absolute atomic E-state index is 11.8. The number of amides is 1. The van der Waals surface area contributed by atoms with E-state index in [0.717, 1.165) is 24.6 Å². The van der Waals surface area contributed by atoms with E-state index in [1.807, 2.05) is 6.92 Å². The van der Waals surface area contributed by atoms with E-state index in [1.54, 1.807) is 19.0 Å². The third-order valence-corrected chi connectivity index (χ3v) is 3.58. The van der Waals surface area contributed by atoms with Crippen LogP contribution in [0.1, 0.15) is 27.2 Å². The van der Waals surface area contributed by atoms with Crippen molar-refractivity contribution in [3.8, 4) is 0 Å². The van der Waals surface area contributed by atoms with Crippen LogP contribution in [0.2, 0.25) is 0 Å². The molecule has 0 aliphatic carbocycles. The molecule has 1 aliphatic rings.